The number of nitro benzene ring substituents is 1. The fraction of sp³-hybridized carbons (Fsp3) is 0.278. The van der Waals surface area contributed by atoms with Crippen molar-refractivity contribution in [2.24, 2.45) is 0 Å². The van der Waals surface area contributed by atoms with Gasteiger partial charge in [0.15, 0.2) is 0 Å². The first-order valence-electron chi connectivity index (χ1n) is 7.99. The highest BCUT2D eigenvalue weighted by Gasteiger charge is 2.26. The molecule has 1 amide bonds. The van der Waals surface area contributed by atoms with Crippen LogP contribution in [0, 0.1) is 10.1 Å². The van der Waals surface area contributed by atoms with Crippen molar-refractivity contribution in [2.45, 2.75) is 26.2 Å². The van der Waals surface area contributed by atoms with Gasteiger partial charge in [-0.05, 0) is 43.0 Å². The molecule has 24 heavy (non-hydrogen) atoms. The monoisotopic (exact) mass is 325 g/mol. The largest absolute Gasteiger partial charge is 0.398 e. The van der Waals surface area contributed by atoms with Crippen molar-refractivity contribution in [2.75, 3.05) is 17.2 Å². The lowest BCUT2D eigenvalue weighted by Crippen LogP contribution is -2.35. The molecule has 0 radical (unpaired) electrons. The molecule has 0 saturated heterocycles. The number of rotatable bonds is 3. The summed E-state index contributed by atoms with van der Waals surface area (Å²) in [6.07, 6.45) is 2.21. The molecule has 1 aliphatic heterocycles. The minimum Gasteiger partial charge on any atom is -0.398 e. The highest BCUT2D eigenvalue weighted by molar-refractivity contribution is 6.07. The molecule has 0 aliphatic carbocycles. The molecule has 6 heteroatoms. The number of amides is 1. The molecule has 0 saturated carbocycles. The Labute approximate surface area is 140 Å². The molecular weight excluding hydrogens is 306 g/mol. The van der Waals surface area contributed by atoms with Crippen LogP contribution in [0.4, 0.5) is 17.1 Å². The number of fused-ring (bicyclic) bond motifs is 1. The van der Waals surface area contributed by atoms with E-state index in [0.29, 0.717) is 29.8 Å². The van der Waals surface area contributed by atoms with Crippen LogP contribution in [0.5, 0.6) is 0 Å². The first kappa shape index (κ1) is 16.0. The van der Waals surface area contributed by atoms with Crippen molar-refractivity contribution in [3.05, 3.63) is 63.2 Å². The predicted molar refractivity (Wildman–Crippen MR) is 93.3 cm³/mol. The van der Waals surface area contributed by atoms with Crippen LogP contribution in [0.1, 0.15) is 34.8 Å². The Kier molecular flexibility index (Phi) is 4.20. The summed E-state index contributed by atoms with van der Waals surface area (Å²) in [5, 5.41) is 11.2. The summed E-state index contributed by atoms with van der Waals surface area (Å²) in [5.74, 6) is -0.229. The Morgan fingerprint density at radius 1 is 1.33 bits per heavy atom. The Morgan fingerprint density at radius 3 is 2.83 bits per heavy atom. The lowest BCUT2D eigenvalue weighted by atomic mass is 9.98. The molecule has 0 atom stereocenters. The maximum atomic E-state index is 12.9. The van der Waals surface area contributed by atoms with E-state index in [9.17, 15) is 14.9 Å². The zero-order chi connectivity index (χ0) is 17.3. The second-order valence-corrected chi connectivity index (χ2v) is 5.86. The van der Waals surface area contributed by atoms with Gasteiger partial charge in [0.2, 0.25) is 0 Å². The smallest absolute Gasteiger partial charge is 0.273 e. The van der Waals surface area contributed by atoms with E-state index < -0.39 is 4.92 Å². The quantitative estimate of drug-likeness (QED) is 0.532. The molecule has 1 heterocycles. The fourth-order valence-electron chi connectivity index (χ4n) is 3.18. The van der Waals surface area contributed by atoms with Gasteiger partial charge < -0.3 is 10.6 Å². The van der Waals surface area contributed by atoms with Crippen LogP contribution >= 0.6 is 0 Å². The number of carbonyl (C=O) groups is 1. The zero-order valence-corrected chi connectivity index (χ0v) is 13.5. The van der Waals surface area contributed by atoms with Gasteiger partial charge in [-0.15, -0.1) is 0 Å². The minimum absolute atomic E-state index is 0.00633. The van der Waals surface area contributed by atoms with Crippen LogP contribution in [0.2, 0.25) is 0 Å². The first-order chi connectivity index (χ1) is 11.5. The van der Waals surface area contributed by atoms with Crippen LogP contribution in [-0.4, -0.2) is 17.4 Å². The number of benzene rings is 2. The molecular formula is C18H19N3O3. The second-order valence-electron chi connectivity index (χ2n) is 5.86. The summed E-state index contributed by atoms with van der Waals surface area (Å²) in [6, 6.07) is 10.2. The maximum Gasteiger partial charge on any atom is 0.273 e. The fourth-order valence-corrected chi connectivity index (χ4v) is 3.18. The standard InChI is InChI=1S/C18H19N3O3/c1-2-12-8-9-13(11-17(12)21(23)24)18(22)20-10-4-5-14-15(19)6-3-7-16(14)20/h3,6-9,11H,2,4-5,10,19H2,1H3. The molecule has 2 aromatic rings. The second kappa shape index (κ2) is 6.31. The summed E-state index contributed by atoms with van der Waals surface area (Å²) in [6.45, 7) is 2.44. The third kappa shape index (κ3) is 2.71. The van der Waals surface area contributed by atoms with Crippen molar-refractivity contribution < 1.29 is 9.72 Å². The average Bonchev–Trinajstić information content (AvgIpc) is 2.60. The van der Waals surface area contributed by atoms with Crippen molar-refractivity contribution in [1.82, 2.24) is 0 Å². The summed E-state index contributed by atoms with van der Waals surface area (Å²) < 4.78 is 0. The van der Waals surface area contributed by atoms with E-state index in [1.54, 1.807) is 17.0 Å². The van der Waals surface area contributed by atoms with Crippen LogP contribution in [-0.2, 0) is 12.8 Å². The summed E-state index contributed by atoms with van der Waals surface area (Å²) >= 11 is 0. The van der Waals surface area contributed by atoms with Crippen molar-refractivity contribution in [1.29, 1.82) is 0 Å². The lowest BCUT2D eigenvalue weighted by molar-refractivity contribution is -0.385. The SMILES string of the molecule is CCc1ccc(C(=O)N2CCCc3c(N)cccc32)cc1[N+](=O)[O-]. The van der Waals surface area contributed by atoms with Crippen LogP contribution in [0.15, 0.2) is 36.4 Å². The molecule has 0 bridgehead atoms. The van der Waals surface area contributed by atoms with E-state index in [-0.39, 0.29) is 11.6 Å². The van der Waals surface area contributed by atoms with E-state index in [1.807, 2.05) is 25.1 Å². The van der Waals surface area contributed by atoms with Gasteiger partial charge in [0.05, 0.1) is 4.92 Å². The Morgan fingerprint density at radius 2 is 2.12 bits per heavy atom. The van der Waals surface area contributed by atoms with Crippen LogP contribution < -0.4 is 10.6 Å². The highest BCUT2D eigenvalue weighted by atomic mass is 16.6. The topological polar surface area (TPSA) is 89.5 Å². The van der Waals surface area contributed by atoms with Gasteiger partial charge in [0.25, 0.3) is 11.6 Å². The molecule has 0 fully saturated rings. The maximum absolute atomic E-state index is 12.9. The minimum atomic E-state index is -0.433. The summed E-state index contributed by atoms with van der Waals surface area (Å²) in [5.41, 5.74) is 9.41. The van der Waals surface area contributed by atoms with Gasteiger partial charge in [0.1, 0.15) is 0 Å². The van der Waals surface area contributed by atoms with Gasteiger partial charge in [0, 0.05) is 35.1 Å². The number of hydrogen-bond donors (Lipinski definition) is 1. The number of nitrogens with two attached hydrogens (primary N) is 1. The van der Waals surface area contributed by atoms with Crippen LogP contribution in [0.3, 0.4) is 0 Å². The number of nitrogen functional groups attached to an aromatic ring is 1. The molecule has 0 aromatic heterocycles. The van der Waals surface area contributed by atoms with Gasteiger partial charge >= 0.3 is 0 Å². The Balaban J connectivity index is 2.01. The third-order valence-electron chi connectivity index (χ3n) is 4.44. The van der Waals surface area contributed by atoms with Gasteiger partial charge in [-0.1, -0.05) is 19.1 Å². The number of carbonyl (C=O) groups excluding carboxylic acids is 1. The molecule has 6 nitrogen and oxygen atoms in total. The molecule has 2 aromatic carbocycles. The molecule has 2 N–H and O–H groups in total. The van der Waals surface area contributed by atoms with Gasteiger partial charge in [-0.2, -0.15) is 0 Å². The summed E-state index contributed by atoms with van der Waals surface area (Å²) in [7, 11) is 0. The van der Waals surface area contributed by atoms with Crippen LogP contribution in [0.25, 0.3) is 0 Å². The van der Waals surface area contributed by atoms with E-state index in [0.717, 1.165) is 24.1 Å². The lowest BCUT2D eigenvalue weighted by Gasteiger charge is -2.30. The van der Waals surface area contributed by atoms with Crippen molar-refractivity contribution in [3.8, 4) is 0 Å². The first-order valence-corrected chi connectivity index (χ1v) is 7.99. The van der Waals surface area contributed by atoms with E-state index >= 15 is 0 Å². The van der Waals surface area contributed by atoms with E-state index in [4.69, 9.17) is 5.73 Å². The van der Waals surface area contributed by atoms with E-state index in [1.165, 1.54) is 6.07 Å². The number of nitro groups is 1. The number of nitrogens with zero attached hydrogens (tertiary/aromatic N) is 2. The summed E-state index contributed by atoms with van der Waals surface area (Å²) in [4.78, 5) is 25.4. The number of hydrogen-bond acceptors (Lipinski definition) is 4. The molecule has 124 valence electrons. The molecule has 1 aliphatic rings. The molecule has 0 unspecified atom stereocenters. The Bertz CT molecular complexity index is 817. The average molecular weight is 325 g/mol. The molecule has 0 spiro atoms. The third-order valence-corrected chi connectivity index (χ3v) is 4.44. The van der Waals surface area contributed by atoms with Gasteiger partial charge in [-0.3, -0.25) is 14.9 Å². The number of aryl methyl sites for hydroxylation is 1. The van der Waals surface area contributed by atoms with Gasteiger partial charge in [-0.25, -0.2) is 0 Å². The highest BCUT2D eigenvalue weighted by Crippen LogP contribution is 2.32. The predicted octanol–water partition coefficient (Wildman–Crippen LogP) is 3.33. The molecule has 3 rings (SSSR count). The van der Waals surface area contributed by atoms with E-state index in [2.05, 4.69) is 0 Å². The Hall–Kier alpha value is -2.89. The normalized spacial score (nSPS) is 13.5. The van der Waals surface area contributed by atoms with Crippen molar-refractivity contribution in [3.63, 3.8) is 0 Å². The van der Waals surface area contributed by atoms with Crippen molar-refractivity contribution >= 4 is 23.0 Å². The number of anilines is 2. The zero-order valence-electron chi connectivity index (χ0n) is 13.5.